The van der Waals surface area contributed by atoms with Crippen LogP contribution in [-0.2, 0) is 14.4 Å². The monoisotopic (exact) mass is 494 g/mol. The summed E-state index contributed by atoms with van der Waals surface area (Å²) in [5, 5.41) is 13.5. The van der Waals surface area contributed by atoms with Gasteiger partial charge in [0.25, 0.3) is 0 Å². The SMILES string of the molecule is C=S(C)(=O)Nc1cc(OCCF)c2c(Nc3ccc(F)cc3OC3COCC3O)ncnc2c1. The lowest BCUT2D eigenvalue weighted by Gasteiger charge is -2.20. The molecule has 1 aliphatic rings. The molecule has 3 atom stereocenters. The van der Waals surface area contributed by atoms with Crippen LogP contribution in [0.4, 0.5) is 26.0 Å². The van der Waals surface area contributed by atoms with Gasteiger partial charge in [0.05, 0.1) is 35.5 Å². The number of aromatic nitrogens is 2. The second kappa shape index (κ2) is 9.95. The predicted molar refractivity (Wildman–Crippen MR) is 127 cm³/mol. The highest BCUT2D eigenvalue weighted by Gasteiger charge is 2.29. The molecule has 1 saturated heterocycles. The molecule has 0 saturated carbocycles. The highest BCUT2D eigenvalue weighted by atomic mass is 32.2. The molecule has 3 N–H and O–H groups in total. The van der Waals surface area contributed by atoms with Crippen molar-refractivity contribution in [1.29, 1.82) is 0 Å². The number of benzene rings is 2. The molecule has 182 valence electrons. The fourth-order valence-corrected chi connectivity index (χ4v) is 4.06. The molecule has 34 heavy (non-hydrogen) atoms. The van der Waals surface area contributed by atoms with E-state index in [4.69, 9.17) is 14.2 Å². The van der Waals surface area contributed by atoms with Crippen LogP contribution in [0.1, 0.15) is 0 Å². The Bertz CT molecular complexity index is 1290. The molecule has 0 radical (unpaired) electrons. The van der Waals surface area contributed by atoms with Crippen molar-refractivity contribution in [3.05, 3.63) is 42.5 Å². The number of alkyl halides is 1. The largest absolute Gasteiger partial charge is 0.490 e. The zero-order valence-electron chi connectivity index (χ0n) is 18.3. The van der Waals surface area contributed by atoms with Gasteiger partial charge in [-0.1, -0.05) is 0 Å². The van der Waals surface area contributed by atoms with Crippen LogP contribution in [-0.4, -0.2) is 70.1 Å². The van der Waals surface area contributed by atoms with Crippen LogP contribution in [0, 0.1) is 5.82 Å². The summed E-state index contributed by atoms with van der Waals surface area (Å²) in [5.74, 6) is 3.73. The number of nitrogens with zero attached hydrogens (tertiary/aromatic N) is 2. The topological polar surface area (TPSA) is 115 Å². The third-order valence-electron chi connectivity index (χ3n) is 4.85. The smallest absolute Gasteiger partial charge is 0.150 e. The lowest BCUT2D eigenvalue weighted by molar-refractivity contribution is 0.0736. The Labute approximate surface area is 195 Å². The van der Waals surface area contributed by atoms with Gasteiger partial charge in [-0.05, 0) is 24.1 Å². The summed E-state index contributed by atoms with van der Waals surface area (Å²) in [5.41, 5.74) is 1.22. The number of fused-ring (bicyclic) bond motifs is 1. The van der Waals surface area contributed by atoms with Gasteiger partial charge in [0.1, 0.15) is 48.8 Å². The maximum atomic E-state index is 14.0. The number of aliphatic hydroxyl groups excluding tert-OH is 1. The Morgan fingerprint density at radius 2 is 2.09 bits per heavy atom. The van der Waals surface area contributed by atoms with Crippen LogP contribution in [0.3, 0.4) is 0 Å². The van der Waals surface area contributed by atoms with Crippen LogP contribution < -0.4 is 19.5 Å². The summed E-state index contributed by atoms with van der Waals surface area (Å²) in [6, 6.07) is 7.08. The summed E-state index contributed by atoms with van der Waals surface area (Å²) in [7, 11) is -2.59. The van der Waals surface area contributed by atoms with Crippen molar-refractivity contribution in [2.24, 2.45) is 0 Å². The molecule has 0 amide bonds. The van der Waals surface area contributed by atoms with Crippen LogP contribution in [0.2, 0.25) is 0 Å². The molecule has 2 aromatic carbocycles. The van der Waals surface area contributed by atoms with Gasteiger partial charge >= 0.3 is 0 Å². The highest BCUT2D eigenvalue weighted by Crippen LogP contribution is 2.37. The molecule has 0 spiro atoms. The summed E-state index contributed by atoms with van der Waals surface area (Å²) in [4.78, 5) is 8.53. The number of ether oxygens (including phenoxy) is 3. The van der Waals surface area contributed by atoms with E-state index in [2.05, 4.69) is 25.9 Å². The minimum atomic E-state index is -2.59. The number of hydrogen-bond donors (Lipinski definition) is 3. The van der Waals surface area contributed by atoms with Gasteiger partial charge in [-0.2, -0.15) is 0 Å². The van der Waals surface area contributed by atoms with Gasteiger partial charge in [-0.15, -0.1) is 0 Å². The summed E-state index contributed by atoms with van der Waals surface area (Å²) in [6.07, 6.45) is 1.24. The maximum Gasteiger partial charge on any atom is 0.150 e. The minimum absolute atomic E-state index is 0.127. The molecule has 1 fully saturated rings. The normalized spacial score (nSPS) is 19.5. The van der Waals surface area contributed by atoms with Crippen molar-refractivity contribution < 1.29 is 32.3 Å². The average molecular weight is 495 g/mol. The Kier molecular flexibility index (Phi) is 7.00. The van der Waals surface area contributed by atoms with Crippen LogP contribution >= 0.6 is 0 Å². The Morgan fingerprint density at radius 3 is 2.79 bits per heavy atom. The zero-order chi connectivity index (χ0) is 24.3. The summed E-state index contributed by atoms with van der Waals surface area (Å²) in [6.45, 7) is -0.653. The first-order valence-corrected chi connectivity index (χ1v) is 12.4. The summed E-state index contributed by atoms with van der Waals surface area (Å²) >= 11 is 0. The fourth-order valence-electron chi connectivity index (χ4n) is 3.44. The third kappa shape index (κ3) is 5.64. The molecule has 4 rings (SSSR count). The maximum absolute atomic E-state index is 14.0. The van der Waals surface area contributed by atoms with Crippen molar-refractivity contribution in [2.45, 2.75) is 12.2 Å². The zero-order valence-corrected chi connectivity index (χ0v) is 19.1. The molecular formula is C22H24F2N4O5S. The Hall–Kier alpha value is -3.22. The van der Waals surface area contributed by atoms with E-state index in [0.717, 1.165) is 0 Å². The molecule has 9 nitrogen and oxygen atoms in total. The minimum Gasteiger partial charge on any atom is -0.490 e. The van der Waals surface area contributed by atoms with Crippen LogP contribution in [0.25, 0.3) is 10.9 Å². The van der Waals surface area contributed by atoms with Gasteiger partial charge in [-0.25, -0.2) is 23.0 Å². The van der Waals surface area contributed by atoms with Crippen molar-refractivity contribution in [2.75, 3.05) is 42.8 Å². The Morgan fingerprint density at radius 1 is 1.26 bits per heavy atom. The van der Waals surface area contributed by atoms with Gasteiger partial charge in [0.15, 0.2) is 6.10 Å². The quantitative estimate of drug-likeness (QED) is 0.389. The van der Waals surface area contributed by atoms with Gasteiger partial charge < -0.3 is 29.4 Å². The molecule has 0 bridgehead atoms. The molecule has 1 aromatic heterocycles. The second-order valence-electron chi connectivity index (χ2n) is 7.76. The van der Waals surface area contributed by atoms with Crippen LogP contribution in [0.15, 0.2) is 36.7 Å². The molecule has 2 heterocycles. The van der Waals surface area contributed by atoms with Crippen molar-refractivity contribution in [1.82, 2.24) is 9.97 Å². The number of nitrogens with one attached hydrogen (secondary N) is 2. The van der Waals surface area contributed by atoms with E-state index in [0.29, 0.717) is 22.3 Å². The number of hydrogen-bond acceptors (Lipinski definition) is 8. The van der Waals surface area contributed by atoms with Gasteiger partial charge in [-0.3, -0.25) is 0 Å². The van der Waals surface area contributed by atoms with E-state index < -0.39 is 34.4 Å². The first kappa shape index (κ1) is 23.9. The standard InChI is InChI=1S/C22H24F2N4O5S/c1-34(2,30)28-14-8-16-21(19(9-14)32-6-5-23)22(26-12-25-16)27-15-4-3-13(24)7-18(15)33-20-11-31-10-17(20)29/h3-4,7-9,12,17,20,29H,1,5-6,10-11H2,2H3,(H,28,30)(H,25,26,27). The van der Waals surface area contributed by atoms with Crippen molar-refractivity contribution in [3.63, 3.8) is 0 Å². The van der Waals surface area contributed by atoms with E-state index in [1.165, 1.54) is 30.8 Å². The molecule has 0 aliphatic carbocycles. The van der Waals surface area contributed by atoms with Crippen molar-refractivity contribution >= 4 is 43.7 Å². The molecule has 3 aromatic rings. The van der Waals surface area contributed by atoms with Crippen LogP contribution in [0.5, 0.6) is 11.5 Å². The highest BCUT2D eigenvalue weighted by molar-refractivity contribution is 8.00. The fraction of sp³-hybridized carbons (Fsp3) is 0.318. The van der Waals surface area contributed by atoms with Gasteiger partial charge in [0, 0.05) is 28.1 Å². The lowest BCUT2D eigenvalue weighted by atomic mass is 10.1. The lowest BCUT2D eigenvalue weighted by Crippen LogP contribution is -2.30. The van der Waals surface area contributed by atoms with E-state index in [9.17, 15) is 18.1 Å². The number of aliphatic hydroxyl groups is 1. The molecular weight excluding hydrogens is 470 g/mol. The third-order valence-corrected chi connectivity index (χ3v) is 5.51. The first-order valence-electron chi connectivity index (χ1n) is 10.3. The van der Waals surface area contributed by atoms with E-state index >= 15 is 0 Å². The number of anilines is 3. The molecule has 3 unspecified atom stereocenters. The second-order valence-corrected chi connectivity index (χ2v) is 9.98. The molecule has 1 aliphatic heterocycles. The van der Waals surface area contributed by atoms with Crippen molar-refractivity contribution in [3.8, 4) is 11.5 Å². The average Bonchev–Trinajstić information content (AvgIpc) is 3.17. The number of rotatable bonds is 9. The van der Waals surface area contributed by atoms with E-state index in [1.54, 1.807) is 12.1 Å². The molecule has 12 heteroatoms. The summed E-state index contributed by atoms with van der Waals surface area (Å²) < 4.78 is 58.3. The van der Waals surface area contributed by atoms with E-state index in [-0.39, 0.29) is 37.1 Å². The Balaban J connectivity index is 1.75. The predicted octanol–water partition coefficient (Wildman–Crippen LogP) is 2.67. The van der Waals surface area contributed by atoms with E-state index in [1.807, 2.05) is 0 Å². The first-order chi connectivity index (χ1) is 16.2. The number of halogens is 2. The van der Waals surface area contributed by atoms with Gasteiger partial charge in [0.2, 0.25) is 0 Å².